The molecule has 0 aliphatic carbocycles. The number of hydrogen-bond acceptors (Lipinski definition) is 4. The van der Waals surface area contributed by atoms with E-state index in [-0.39, 0.29) is 11.8 Å². The number of benzene rings is 1. The van der Waals surface area contributed by atoms with Gasteiger partial charge in [-0.15, -0.1) is 0 Å². The molecule has 0 radical (unpaired) electrons. The van der Waals surface area contributed by atoms with Crippen LogP contribution < -0.4 is 4.74 Å². The van der Waals surface area contributed by atoms with E-state index >= 15 is 0 Å². The van der Waals surface area contributed by atoms with Crippen LogP contribution in [0.15, 0.2) is 12.1 Å². The molecule has 2 aliphatic rings. The smallest absolute Gasteiger partial charge is 0.183 e. The van der Waals surface area contributed by atoms with Crippen molar-refractivity contribution < 1.29 is 14.3 Å². The Bertz CT molecular complexity index is 521. The van der Waals surface area contributed by atoms with E-state index in [2.05, 4.69) is 4.90 Å². The van der Waals surface area contributed by atoms with Crippen molar-refractivity contribution in [3.05, 3.63) is 28.8 Å². The molecule has 4 heteroatoms. The molecule has 0 amide bonds. The molecule has 1 unspecified atom stereocenters. The quantitative estimate of drug-likeness (QED) is 0.785. The molecule has 1 aromatic rings. The summed E-state index contributed by atoms with van der Waals surface area (Å²) < 4.78 is 11.2. The standard InChI is InChI=1S/C16H21NO3/c1-11-9-13-15(10-12(11)2)20-6-3-14(16(13)18)17-4-7-19-8-5-17/h9-10,14H,3-8H2,1-2H3. The summed E-state index contributed by atoms with van der Waals surface area (Å²) in [4.78, 5) is 15.1. The second-order valence-corrected chi connectivity index (χ2v) is 5.60. The number of rotatable bonds is 1. The van der Waals surface area contributed by atoms with Gasteiger partial charge in [-0.1, -0.05) is 0 Å². The maximum Gasteiger partial charge on any atom is 0.183 e. The van der Waals surface area contributed by atoms with Gasteiger partial charge in [-0.05, 0) is 37.1 Å². The van der Waals surface area contributed by atoms with E-state index in [1.165, 1.54) is 5.56 Å². The monoisotopic (exact) mass is 275 g/mol. The van der Waals surface area contributed by atoms with Gasteiger partial charge in [0.2, 0.25) is 0 Å². The van der Waals surface area contributed by atoms with Crippen LogP contribution in [-0.2, 0) is 4.74 Å². The second kappa shape index (κ2) is 5.54. The maximum atomic E-state index is 12.8. The first-order valence-electron chi connectivity index (χ1n) is 7.27. The van der Waals surface area contributed by atoms with Crippen molar-refractivity contribution in [2.45, 2.75) is 26.3 Å². The zero-order valence-electron chi connectivity index (χ0n) is 12.1. The van der Waals surface area contributed by atoms with Crippen molar-refractivity contribution in [1.82, 2.24) is 4.90 Å². The molecular weight excluding hydrogens is 254 g/mol. The van der Waals surface area contributed by atoms with Gasteiger partial charge in [0.25, 0.3) is 0 Å². The number of hydrogen-bond donors (Lipinski definition) is 0. The van der Waals surface area contributed by atoms with Gasteiger partial charge in [0.15, 0.2) is 5.78 Å². The number of Topliss-reactive ketones (excluding diaryl/α,β-unsaturated/α-hetero) is 1. The molecular formula is C16H21NO3. The van der Waals surface area contributed by atoms with Crippen molar-refractivity contribution in [2.75, 3.05) is 32.9 Å². The molecule has 4 nitrogen and oxygen atoms in total. The Labute approximate surface area is 119 Å². The normalized spacial score (nSPS) is 23.9. The van der Waals surface area contributed by atoms with Gasteiger partial charge in [0.1, 0.15) is 5.75 Å². The van der Waals surface area contributed by atoms with Crippen LogP contribution >= 0.6 is 0 Å². The van der Waals surface area contributed by atoms with E-state index in [1.807, 2.05) is 26.0 Å². The van der Waals surface area contributed by atoms with E-state index in [9.17, 15) is 4.79 Å². The number of ether oxygens (including phenoxy) is 2. The summed E-state index contributed by atoms with van der Waals surface area (Å²) in [5.74, 6) is 0.941. The number of fused-ring (bicyclic) bond motifs is 1. The molecule has 2 heterocycles. The van der Waals surface area contributed by atoms with E-state index in [0.717, 1.165) is 36.4 Å². The summed E-state index contributed by atoms with van der Waals surface area (Å²) in [6.45, 7) is 7.77. The fourth-order valence-electron chi connectivity index (χ4n) is 2.93. The van der Waals surface area contributed by atoms with Crippen LogP contribution in [0.5, 0.6) is 5.75 Å². The Hall–Kier alpha value is -1.39. The number of carbonyl (C=O) groups is 1. The molecule has 1 aromatic carbocycles. The zero-order chi connectivity index (χ0) is 14.1. The van der Waals surface area contributed by atoms with Crippen molar-refractivity contribution in [2.24, 2.45) is 0 Å². The average Bonchev–Trinajstić information content (AvgIpc) is 2.61. The lowest BCUT2D eigenvalue weighted by Crippen LogP contribution is -2.47. The van der Waals surface area contributed by atoms with Crippen LogP contribution in [0.25, 0.3) is 0 Å². The summed E-state index contributed by atoms with van der Waals surface area (Å²) >= 11 is 0. The Morgan fingerprint density at radius 2 is 1.80 bits per heavy atom. The molecule has 0 aromatic heterocycles. The fraction of sp³-hybridized carbons (Fsp3) is 0.562. The van der Waals surface area contributed by atoms with Gasteiger partial charge >= 0.3 is 0 Å². The summed E-state index contributed by atoms with van der Waals surface area (Å²) in [6, 6.07) is 3.90. The molecule has 20 heavy (non-hydrogen) atoms. The Balaban J connectivity index is 1.92. The first kappa shape index (κ1) is 13.6. The number of carbonyl (C=O) groups excluding carboxylic acids is 1. The Kier molecular flexibility index (Phi) is 3.76. The number of ketones is 1. The Morgan fingerprint density at radius 1 is 1.10 bits per heavy atom. The van der Waals surface area contributed by atoms with Gasteiger partial charge in [-0.3, -0.25) is 9.69 Å². The highest BCUT2D eigenvalue weighted by atomic mass is 16.5. The molecule has 0 saturated carbocycles. The summed E-state index contributed by atoms with van der Waals surface area (Å²) in [5, 5.41) is 0. The lowest BCUT2D eigenvalue weighted by atomic mass is 9.97. The third-order valence-corrected chi connectivity index (χ3v) is 4.30. The second-order valence-electron chi connectivity index (χ2n) is 5.60. The SMILES string of the molecule is Cc1cc2c(cc1C)C(=O)C(N1CCOCC1)CCO2. The summed E-state index contributed by atoms with van der Waals surface area (Å²) in [7, 11) is 0. The zero-order valence-corrected chi connectivity index (χ0v) is 12.1. The first-order chi connectivity index (χ1) is 9.66. The van der Waals surface area contributed by atoms with Crippen molar-refractivity contribution in [3.8, 4) is 5.75 Å². The minimum atomic E-state index is -0.0674. The predicted octanol–water partition coefficient (Wildman–Crippen LogP) is 1.97. The highest BCUT2D eigenvalue weighted by Crippen LogP contribution is 2.29. The van der Waals surface area contributed by atoms with Crippen molar-refractivity contribution in [3.63, 3.8) is 0 Å². The van der Waals surface area contributed by atoms with E-state index in [4.69, 9.17) is 9.47 Å². The van der Waals surface area contributed by atoms with Crippen molar-refractivity contribution >= 4 is 5.78 Å². The maximum absolute atomic E-state index is 12.8. The van der Waals surface area contributed by atoms with Crippen LogP contribution in [-0.4, -0.2) is 49.6 Å². The largest absolute Gasteiger partial charge is 0.493 e. The van der Waals surface area contributed by atoms with E-state index in [1.54, 1.807) is 0 Å². The predicted molar refractivity (Wildman–Crippen MR) is 76.5 cm³/mol. The van der Waals surface area contributed by atoms with Crippen LogP contribution in [0.2, 0.25) is 0 Å². The fourth-order valence-corrected chi connectivity index (χ4v) is 2.93. The topological polar surface area (TPSA) is 38.8 Å². The molecule has 3 rings (SSSR count). The van der Waals surface area contributed by atoms with Crippen LogP contribution in [0.4, 0.5) is 0 Å². The minimum absolute atomic E-state index is 0.0674. The molecule has 0 spiro atoms. The van der Waals surface area contributed by atoms with E-state index in [0.29, 0.717) is 19.8 Å². The third kappa shape index (κ3) is 2.45. The lowest BCUT2D eigenvalue weighted by molar-refractivity contribution is 0.0150. The Morgan fingerprint density at radius 3 is 2.55 bits per heavy atom. The van der Waals surface area contributed by atoms with E-state index < -0.39 is 0 Å². The molecule has 0 N–H and O–H groups in total. The van der Waals surface area contributed by atoms with Gasteiger partial charge < -0.3 is 9.47 Å². The number of nitrogens with zero attached hydrogens (tertiary/aromatic N) is 1. The number of morpholine rings is 1. The molecule has 1 atom stereocenters. The van der Waals surface area contributed by atoms with Gasteiger partial charge in [0, 0.05) is 19.5 Å². The lowest BCUT2D eigenvalue weighted by Gasteiger charge is -2.32. The van der Waals surface area contributed by atoms with Crippen LogP contribution in [0.3, 0.4) is 0 Å². The third-order valence-electron chi connectivity index (χ3n) is 4.30. The molecule has 0 bridgehead atoms. The van der Waals surface area contributed by atoms with Crippen molar-refractivity contribution in [1.29, 1.82) is 0 Å². The van der Waals surface area contributed by atoms with Gasteiger partial charge in [-0.2, -0.15) is 0 Å². The first-order valence-corrected chi connectivity index (χ1v) is 7.27. The molecule has 108 valence electrons. The summed E-state index contributed by atoms with van der Waals surface area (Å²) in [5.41, 5.74) is 3.05. The van der Waals surface area contributed by atoms with Crippen LogP contribution in [0, 0.1) is 13.8 Å². The summed E-state index contributed by atoms with van der Waals surface area (Å²) in [6.07, 6.45) is 0.756. The molecule has 1 saturated heterocycles. The number of aryl methyl sites for hydroxylation is 2. The highest BCUT2D eigenvalue weighted by Gasteiger charge is 2.32. The molecule has 1 fully saturated rings. The average molecular weight is 275 g/mol. The highest BCUT2D eigenvalue weighted by molar-refractivity contribution is 6.03. The van der Waals surface area contributed by atoms with Gasteiger partial charge in [-0.25, -0.2) is 0 Å². The molecule has 2 aliphatic heterocycles. The van der Waals surface area contributed by atoms with Crippen LogP contribution in [0.1, 0.15) is 27.9 Å². The minimum Gasteiger partial charge on any atom is -0.493 e. The van der Waals surface area contributed by atoms with Gasteiger partial charge in [0.05, 0.1) is 31.4 Å².